The van der Waals surface area contributed by atoms with Crippen LogP contribution in [0.2, 0.25) is 5.02 Å². The van der Waals surface area contributed by atoms with E-state index in [0.29, 0.717) is 24.7 Å². The first kappa shape index (κ1) is 15.5. The third-order valence-electron chi connectivity index (χ3n) is 5.19. The van der Waals surface area contributed by atoms with Crippen LogP contribution in [-0.4, -0.2) is 45.7 Å². The number of carbonyl (C=O) groups excluding carboxylic acids is 2. The van der Waals surface area contributed by atoms with Crippen LogP contribution in [0.5, 0.6) is 0 Å². The number of amides is 2. The first-order valence-electron chi connectivity index (χ1n) is 8.39. The molecule has 1 atom stereocenters. The first-order chi connectivity index (χ1) is 11.5. The second-order valence-electron chi connectivity index (χ2n) is 6.65. The lowest BCUT2D eigenvalue weighted by Crippen LogP contribution is -2.48. The highest BCUT2D eigenvalue weighted by atomic mass is 35.5. The molecule has 1 unspecified atom stereocenters. The van der Waals surface area contributed by atoms with Gasteiger partial charge in [0.15, 0.2) is 0 Å². The molecule has 5 nitrogen and oxygen atoms in total. The van der Waals surface area contributed by atoms with Gasteiger partial charge in [0, 0.05) is 60.2 Å². The molecule has 0 spiro atoms. The topological polar surface area (TPSA) is 56.4 Å². The van der Waals surface area contributed by atoms with Gasteiger partial charge in [-0.2, -0.15) is 0 Å². The highest BCUT2D eigenvalue weighted by molar-refractivity contribution is 6.31. The molecule has 0 saturated carbocycles. The lowest BCUT2D eigenvalue weighted by Gasteiger charge is -2.32. The summed E-state index contributed by atoms with van der Waals surface area (Å²) < 4.78 is 0. The Morgan fingerprint density at radius 2 is 2.12 bits per heavy atom. The van der Waals surface area contributed by atoms with E-state index in [2.05, 4.69) is 4.98 Å². The fourth-order valence-electron chi connectivity index (χ4n) is 3.99. The molecule has 0 aliphatic carbocycles. The number of aromatic amines is 1. The van der Waals surface area contributed by atoms with Crippen molar-refractivity contribution < 1.29 is 9.59 Å². The van der Waals surface area contributed by atoms with Crippen LogP contribution in [0, 0.1) is 0 Å². The maximum Gasteiger partial charge on any atom is 0.245 e. The van der Waals surface area contributed by atoms with Crippen LogP contribution >= 0.6 is 11.6 Å². The first-order valence-corrected chi connectivity index (χ1v) is 8.77. The SMILES string of the molecule is CC(=O)N1CCCC1C(=O)N1CCc2[nH]c3ccc(Cl)cc3c2C1. The van der Waals surface area contributed by atoms with Crippen molar-refractivity contribution in [2.45, 2.75) is 38.8 Å². The van der Waals surface area contributed by atoms with E-state index in [1.165, 1.54) is 5.69 Å². The van der Waals surface area contributed by atoms with E-state index >= 15 is 0 Å². The zero-order chi connectivity index (χ0) is 16.8. The van der Waals surface area contributed by atoms with Gasteiger partial charge < -0.3 is 14.8 Å². The fourth-order valence-corrected chi connectivity index (χ4v) is 4.16. The molecule has 1 fully saturated rings. The summed E-state index contributed by atoms with van der Waals surface area (Å²) in [6.45, 7) is 3.50. The molecule has 126 valence electrons. The van der Waals surface area contributed by atoms with Gasteiger partial charge in [0.05, 0.1) is 0 Å². The minimum absolute atomic E-state index is 0.0116. The summed E-state index contributed by atoms with van der Waals surface area (Å²) in [5.41, 5.74) is 3.40. The summed E-state index contributed by atoms with van der Waals surface area (Å²) in [6.07, 6.45) is 2.47. The van der Waals surface area contributed by atoms with Crippen molar-refractivity contribution in [3.05, 3.63) is 34.5 Å². The zero-order valence-corrected chi connectivity index (χ0v) is 14.4. The van der Waals surface area contributed by atoms with Crippen LogP contribution in [0.3, 0.4) is 0 Å². The van der Waals surface area contributed by atoms with E-state index in [0.717, 1.165) is 35.7 Å². The van der Waals surface area contributed by atoms with Gasteiger partial charge in [0.25, 0.3) is 0 Å². The van der Waals surface area contributed by atoms with Crippen molar-refractivity contribution >= 4 is 34.3 Å². The number of rotatable bonds is 1. The summed E-state index contributed by atoms with van der Waals surface area (Å²) in [7, 11) is 0. The minimum Gasteiger partial charge on any atom is -0.358 e. The monoisotopic (exact) mass is 345 g/mol. The van der Waals surface area contributed by atoms with Gasteiger partial charge in [-0.15, -0.1) is 0 Å². The predicted octanol–water partition coefficient (Wildman–Crippen LogP) is 2.72. The lowest BCUT2D eigenvalue weighted by atomic mass is 10.0. The number of likely N-dealkylation sites (tertiary alicyclic amines) is 1. The van der Waals surface area contributed by atoms with Crippen LogP contribution in [0.15, 0.2) is 18.2 Å². The quantitative estimate of drug-likeness (QED) is 0.864. The Morgan fingerprint density at radius 1 is 1.29 bits per heavy atom. The minimum atomic E-state index is -0.294. The molecule has 3 heterocycles. The second-order valence-corrected chi connectivity index (χ2v) is 7.09. The van der Waals surface area contributed by atoms with Gasteiger partial charge in [-0.1, -0.05) is 11.6 Å². The Morgan fingerprint density at radius 3 is 2.92 bits per heavy atom. The number of H-pyrrole nitrogens is 1. The van der Waals surface area contributed by atoms with E-state index < -0.39 is 0 Å². The largest absolute Gasteiger partial charge is 0.358 e. The van der Waals surface area contributed by atoms with E-state index in [1.54, 1.807) is 11.8 Å². The Kier molecular flexibility index (Phi) is 3.76. The van der Waals surface area contributed by atoms with Crippen molar-refractivity contribution in [3.63, 3.8) is 0 Å². The molecular weight excluding hydrogens is 326 g/mol. The maximum atomic E-state index is 12.9. The highest BCUT2D eigenvalue weighted by Gasteiger charge is 2.36. The predicted molar refractivity (Wildman–Crippen MR) is 92.8 cm³/mol. The van der Waals surface area contributed by atoms with Gasteiger partial charge in [0.1, 0.15) is 6.04 Å². The van der Waals surface area contributed by atoms with Crippen LogP contribution in [-0.2, 0) is 22.6 Å². The molecule has 24 heavy (non-hydrogen) atoms. The van der Waals surface area contributed by atoms with E-state index in [9.17, 15) is 9.59 Å². The smallest absolute Gasteiger partial charge is 0.245 e. The normalized spacial score (nSPS) is 20.5. The van der Waals surface area contributed by atoms with Crippen LogP contribution in [0.1, 0.15) is 31.0 Å². The second kappa shape index (κ2) is 5.81. The average molecular weight is 346 g/mol. The number of hydrogen-bond acceptors (Lipinski definition) is 2. The Labute approximate surface area is 145 Å². The summed E-state index contributed by atoms with van der Waals surface area (Å²) in [4.78, 5) is 31.7. The molecule has 1 saturated heterocycles. The molecule has 1 aromatic heterocycles. The average Bonchev–Trinajstić information content (AvgIpc) is 3.18. The summed E-state index contributed by atoms with van der Waals surface area (Å²) in [6, 6.07) is 5.52. The summed E-state index contributed by atoms with van der Waals surface area (Å²) in [5, 5.41) is 1.79. The standard InChI is InChI=1S/C18H20ClN3O2/c1-11(23)22-7-2-3-17(22)18(24)21-8-6-16-14(10-21)13-9-12(19)4-5-15(13)20-16/h4-5,9,17,20H,2-3,6-8,10H2,1H3. The zero-order valence-electron chi connectivity index (χ0n) is 13.6. The summed E-state index contributed by atoms with van der Waals surface area (Å²) in [5.74, 6) is 0.0622. The van der Waals surface area contributed by atoms with Crippen molar-refractivity contribution in [3.8, 4) is 0 Å². The number of nitrogens with zero attached hydrogens (tertiary/aromatic N) is 2. The van der Waals surface area contributed by atoms with Gasteiger partial charge in [-0.05, 0) is 31.0 Å². The Bertz CT molecular complexity index is 829. The molecule has 0 radical (unpaired) electrons. The molecule has 2 aromatic rings. The van der Waals surface area contributed by atoms with Crippen molar-refractivity contribution in [2.75, 3.05) is 13.1 Å². The number of halogens is 1. The number of fused-ring (bicyclic) bond motifs is 3. The van der Waals surface area contributed by atoms with Crippen LogP contribution < -0.4 is 0 Å². The van der Waals surface area contributed by atoms with Crippen molar-refractivity contribution in [1.29, 1.82) is 0 Å². The van der Waals surface area contributed by atoms with Gasteiger partial charge in [-0.25, -0.2) is 0 Å². The number of benzene rings is 1. The van der Waals surface area contributed by atoms with E-state index in [4.69, 9.17) is 11.6 Å². The van der Waals surface area contributed by atoms with E-state index in [1.807, 2.05) is 23.1 Å². The number of hydrogen-bond donors (Lipinski definition) is 1. The Hall–Kier alpha value is -2.01. The van der Waals surface area contributed by atoms with Gasteiger partial charge >= 0.3 is 0 Å². The highest BCUT2D eigenvalue weighted by Crippen LogP contribution is 2.31. The van der Waals surface area contributed by atoms with Crippen molar-refractivity contribution in [2.24, 2.45) is 0 Å². The molecular formula is C18H20ClN3O2. The molecule has 1 aromatic carbocycles. The molecule has 6 heteroatoms. The molecule has 4 rings (SSSR count). The molecule has 0 bridgehead atoms. The van der Waals surface area contributed by atoms with Crippen LogP contribution in [0.25, 0.3) is 10.9 Å². The molecule has 2 aliphatic rings. The van der Waals surface area contributed by atoms with Gasteiger partial charge in [0.2, 0.25) is 11.8 Å². The van der Waals surface area contributed by atoms with E-state index in [-0.39, 0.29) is 17.9 Å². The molecule has 2 aliphatic heterocycles. The van der Waals surface area contributed by atoms with Gasteiger partial charge in [-0.3, -0.25) is 9.59 Å². The molecule has 2 amide bonds. The fraction of sp³-hybridized carbons (Fsp3) is 0.444. The number of aromatic nitrogens is 1. The lowest BCUT2D eigenvalue weighted by molar-refractivity contribution is -0.143. The third kappa shape index (κ3) is 2.47. The molecule has 1 N–H and O–H groups in total. The van der Waals surface area contributed by atoms with Crippen molar-refractivity contribution in [1.82, 2.24) is 14.8 Å². The van der Waals surface area contributed by atoms with Crippen LogP contribution in [0.4, 0.5) is 0 Å². The number of nitrogens with one attached hydrogen (secondary N) is 1. The third-order valence-corrected chi connectivity index (χ3v) is 5.43. The summed E-state index contributed by atoms with van der Waals surface area (Å²) >= 11 is 6.14. The Balaban J connectivity index is 1.62. The number of carbonyl (C=O) groups is 2. The maximum absolute atomic E-state index is 12.9.